The van der Waals surface area contributed by atoms with Crippen LogP contribution in [0, 0.1) is 0 Å². The van der Waals surface area contributed by atoms with Crippen LogP contribution < -0.4 is 9.47 Å². The molecule has 0 unspecified atom stereocenters. The monoisotopic (exact) mass is 452 g/mol. The summed E-state index contributed by atoms with van der Waals surface area (Å²) in [5, 5.41) is 9.88. The molecule has 0 amide bonds. The Bertz CT molecular complexity index is 1330. The number of nitrogens with zero attached hydrogens (tertiary/aromatic N) is 6. The van der Waals surface area contributed by atoms with Gasteiger partial charge >= 0.3 is 0 Å². The van der Waals surface area contributed by atoms with Gasteiger partial charge in [-0.15, -0.1) is 16.4 Å². The first-order valence-corrected chi connectivity index (χ1v) is 11.1. The van der Waals surface area contributed by atoms with Crippen molar-refractivity contribution < 1.29 is 14.3 Å². The number of methoxy groups -OCH3 is 2. The van der Waals surface area contributed by atoms with Gasteiger partial charge in [-0.25, -0.2) is 14.5 Å². The standard InChI is InChI=1S/C22H24N6O3S/c1-13(14-5-6-16(29-3)17(9-14)30-4)26-31-11-19-24-21-20-15-7-8-27(2)10-18(15)32-22(20)23-12-28(21)25-19/h5-6,9,12H,7-8,10-11H2,1-4H3/b26-13+. The van der Waals surface area contributed by atoms with Gasteiger partial charge in [-0.05, 0) is 44.2 Å². The van der Waals surface area contributed by atoms with E-state index in [0.29, 0.717) is 17.3 Å². The Morgan fingerprint density at radius 2 is 2.06 bits per heavy atom. The molecule has 0 bridgehead atoms. The number of rotatable bonds is 6. The van der Waals surface area contributed by atoms with Crippen molar-refractivity contribution in [2.45, 2.75) is 26.5 Å². The fraction of sp³-hybridized carbons (Fsp3) is 0.364. The molecule has 32 heavy (non-hydrogen) atoms. The Morgan fingerprint density at radius 3 is 2.88 bits per heavy atom. The average molecular weight is 453 g/mol. The SMILES string of the molecule is COc1ccc(/C(C)=N/OCc2nc3c4c5c(sc4ncn3n2)CN(C)CC5)cc1OC. The molecule has 9 nitrogen and oxygen atoms in total. The van der Waals surface area contributed by atoms with E-state index in [-0.39, 0.29) is 6.61 Å². The minimum Gasteiger partial charge on any atom is -0.493 e. The largest absolute Gasteiger partial charge is 0.493 e. The van der Waals surface area contributed by atoms with E-state index in [9.17, 15) is 0 Å². The molecule has 1 aromatic carbocycles. The smallest absolute Gasteiger partial charge is 0.192 e. The topological polar surface area (TPSA) is 86.4 Å². The lowest BCUT2D eigenvalue weighted by atomic mass is 10.1. The van der Waals surface area contributed by atoms with Crippen LogP contribution in [0.4, 0.5) is 0 Å². The summed E-state index contributed by atoms with van der Waals surface area (Å²) in [6.07, 6.45) is 2.72. The highest BCUT2D eigenvalue weighted by Crippen LogP contribution is 2.35. The molecule has 10 heteroatoms. The maximum atomic E-state index is 5.57. The second-order valence-corrected chi connectivity index (χ2v) is 8.82. The van der Waals surface area contributed by atoms with Gasteiger partial charge in [-0.2, -0.15) is 0 Å². The zero-order valence-electron chi connectivity index (χ0n) is 18.5. The summed E-state index contributed by atoms with van der Waals surface area (Å²) < 4.78 is 12.4. The third kappa shape index (κ3) is 3.65. The number of likely N-dealkylation sites (N-methyl/N-ethyl adjacent to an activating group) is 1. The third-order valence-electron chi connectivity index (χ3n) is 5.61. The van der Waals surface area contributed by atoms with Crippen LogP contribution in [0.2, 0.25) is 0 Å². The highest BCUT2D eigenvalue weighted by atomic mass is 32.1. The van der Waals surface area contributed by atoms with Gasteiger partial charge in [0, 0.05) is 23.5 Å². The molecule has 0 spiro atoms. The summed E-state index contributed by atoms with van der Waals surface area (Å²) in [7, 11) is 5.36. The van der Waals surface area contributed by atoms with E-state index in [1.165, 1.54) is 10.4 Å². The molecule has 5 rings (SSSR count). The normalized spacial score (nSPS) is 14.7. The lowest BCUT2D eigenvalue weighted by molar-refractivity contribution is 0.125. The van der Waals surface area contributed by atoms with E-state index in [1.54, 1.807) is 36.4 Å². The fourth-order valence-electron chi connectivity index (χ4n) is 3.93. The minimum absolute atomic E-state index is 0.170. The summed E-state index contributed by atoms with van der Waals surface area (Å²) in [5.74, 6) is 1.88. The van der Waals surface area contributed by atoms with Crippen molar-refractivity contribution in [2.24, 2.45) is 5.16 Å². The summed E-state index contributed by atoms with van der Waals surface area (Å²) in [6, 6.07) is 5.62. The summed E-state index contributed by atoms with van der Waals surface area (Å²) >= 11 is 1.75. The van der Waals surface area contributed by atoms with E-state index >= 15 is 0 Å². The number of aromatic nitrogens is 4. The van der Waals surface area contributed by atoms with Gasteiger partial charge in [-0.1, -0.05) is 5.16 Å². The van der Waals surface area contributed by atoms with Gasteiger partial charge in [-0.3, -0.25) is 0 Å². The van der Waals surface area contributed by atoms with E-state index in [2.05, 4.69) is 27.2 Å². The van der Waals surface area contributed by atoms with E-state index in [0.717, 1.165) is 46.6 Å². The molecule has 0 radical (unpaired) electrons. The highest BCUT2D eigenvalue weighted by Gasteiger charge is 2.22. The second-order valence-electron chi connectivity index (χ2n) is 7.73. The van der Waals surface area contributed by atoms with Crippen LogP contribution >= 0.6 is 11.3 Å². The fourth-order valence-corrected chi connectivity index (χ4v) is 5.19. The van der Waals surface area contributed by atoms with Crippen molar-refractivity contribution >= 4 is 32.9 Å². The summed E-state index contributed by atoms with van der Waals surface area (Å²) in [4.78, 5) is 19.6. The summed E-state index contributed by atoms with van der Waals surface area (Å²) in [6.45, 7) is 4.04. The number of oxime groups is 1. The Kier molecular flexibility index (Phi) is 5.40. The van der Waals surface area contributed by atoms with Crippen LogP contribution in [0.1, 0.15) is 28.8 Å². The van der Waals surface area contributed by atoms with E-state index in [1.807, 2.05) is 25.1 Å². The zero-order valence-corrected chi connectivity index (χ0v) is 19.3. The Balaban J connectivity index is 1.37. The van der Waals surface area contributed by atoms with Crippen molar-refractivity contribution in [1.29, 1.82) is 0 Å². The van der Waals surface area contributed by atoms with Gasteiger partial charge in [0.1, 0.15) is 11.2 Å². The van der Waals surface area contributed by atoms with Crippen LogP contribution in [0.5, 0.6) is 11.5 Å². The van der Waals surface area contributed by atoms with Crippen molar-refractivity contribution in [1.82, 2.24) is 24.5 Å². The maximum Gasteiger partial charge on any atom is 0.192 e. The van der Waals surface area contributed by atoms with Crippen molar-refractivity contribution in [3.8, 4) is 11.5 Å². The number of hydrogen-bond acceptors (Lipinski definition) is 9. The Labute approximate surface area is 189 Å². The number of fused-ring (bicyclic) bond motifs is 5. The molecular formula is C22H24N6O3S. The molecule has 0 N–H and O–H groups in total. The molecule has 0 aliphatic carbocycles. The Morgan fingerprint density at radius 1 is 1.22 bits per heavy atom. The van der Waals surface area contributed by atoms with Crippen molar-refractivity contribution in [2.75, 3.05) is 27.8 Å². The van der Waals surface area contributed by atoms with Gasteiger partial charge in [0.05, 0.1) is 25.3 Å². The van der Waals surface area contributed by atoms with Crippen molar-refractivity contribution in [3.63, 3.8) is 0 Å². The van der Waals surface area contributed by atoms with Crippen LogP contribution in [-0.2, 0) is 24.4 Å². The van der Waals surface area contributed by atoms with Crippen LogP contribution in [0.25, 0.3) is 15.9 Å². The zero-order chi connectivity index (χ0) is 22.2. The number of hydrogen-bond donors (Lipinski definition) is 0. The van der Waals surface area contributed by atoms with Gasteiger partial charge in [0.25, 0.3) is 0 Å². The molecule has 1 aliphatic rings. The predicted molar refractivity (Wildman–Crippen MR) is 123 cm³/mol. The van der Waals surface area contributed by atoms with Gasteiger partial charge < -0.3 is 19.2 Å². The van der Waals surface area contributed by atoms with Crippen LogP contribution in [0.3, 0.4) is 0 Å². The second kappa shape index (κ2) is 8.36. The molecule has 166 valence electrons. The third-order valence-corrected chi connectivity index (χ3v) is 6.73. The maximum absolute atomic E-state index is 5.57. The van der Waals surface area contributed by atoms with E-state index in [4.69, 9.17) is 19.3 Å². The van der Waals surface area contributed by atoms with Gasteiger partial charge in [0.2, 0.25) is 0 Å². The first-order valence-electron chi connectivity index (χ1n) is 10.3. The average Bonchev–Trinajstić information content (AvgIpc) is 3.38. The molecule has 0 saturated heterocycles. The molecule has 0 fully saturated rings. The highest BCUT2D eigenvalue weighted by molar-refractivity contribution is 7.19. The number of benzene rings is 1. The minimum atomic E-state index is 0.170. The molecule has 0 saturated carbocycles. The molecule has 3 aromatic heterocycles. The molecular weight excluding hydrogens is 428 g/mol. The first kappa shape index (κ1) is 20.7. The quantitative estimate of drug-likeness (QED) is 0.328. The predicted octanol–water partition coefficient (Wildman–Crippen LogP) is 3.28. The number of ether oxygens (including phenoxy) is 2. The lowest BCUT2D eigenvalue weighted by Crippen LogP contribution is -2.25. The van der Waals surface area contributed by atoms with E-state index < -0.39 is 0 Å². The molecule has 4 aromatic rings. The Hall–Kier alpha value is -3.24. The number of thiophene rings is 1. The molecule has 1 aliphatic heterocycles. The van der Waals surface area contributed by atoms with Crippen LogP contribution in [0.15, 0.2) is 29.7 Å². The van der Waals surface area contributed by atoms with Gasteiger partial charge in [0.15, 0.2) is 29.6 Å². The molecule has 4 heterocycles. The van der Waals surface area contributed by atoms with Crippen molar-refractivity contribution in [3.05, 3.63) is 46.4 Å². The first-order chi connectivity index (χ1) is 15.6. The lowest BCUT2D eigenvalue weighted by Gasteiger charge is -2.21. The summed E-state index contributed by atoms with van der Waals surface area (Å²) in [5.41, 5.74) is 3.78. The van der Waals surface area contributed by atoms with Crippen LogP contribution in [-0.4, -0.2) is 58.0 Å². The molecule has 0 atom stereocenters.